The Morgan fingerprint density at radius 2 is 1.82 bits per heavy atom. The molecule has 2 rings (SSSR count). The first-order chi connectivity index (χ1) is 8.00. The zero-order valence-corrected chi connectivity index (χ0v) is 9.63. The molecule has 1 heterocycles. The van der Waals surface area contributed by atoms with Crippen LogP contribution in [0.1, 0.15) is 30.1 Å². The minimum atomic E-state index is -4.26. The van der Waals surface area contributed by atoms with Gasteiger partial charge in [-0.15, -0.1) is 0 Å². The summed E-state index contributed by atoms with van der Waals surface area (Å²) in [5.74, 6) is 0. The molecule has 2 unspecified atom stereocenters. The Balaban J connectivity index is 2.09. The molecule has 0 amide bonds. The normalized spacial score (nSPS) is 25.1. The van der Waals surface area contributed by atoms with Crippen molar-refractivity contribution in [3.05, 3.63) is 35.4 Å². The molecule has 92 valence electrons. The van der Waals surface area contributed by atoms with E-state index in [0.29, 0.717) is 0 Å². The molecular formula is C12H14BF3O. The largest absolute Gasteiger partial charge is 0.416 e. The highest BCUT2D eigenvalue weighted by Gasteiger charge is 2.31. The van der Waals surface area contributed by atoms with Crippen LogP contribution in [0.25, 0.3) is 0 Å². The van der Waals surface area contributed by atoms with Gasteiger partial charge in [0.25, 0.3) is 0 Å². The van der Waals surface area contributed by atoms with E-state index in [1.807, 2.05) is 0 Å². The molecule has 1 nitrogen and oxygen atoms in total. The van der Waals surface area contributed by atoms with Gasteiger partial charge in [-0.25, -0.2) is 0 Å². The van der Waals surface area contributed by atoms with Crippen molar-refractivity contribution < 1.29 is 17.9 Å². The predicted octanol–water partition coefficient (Wildman–Crippen LogP) is 2.98. The van der Waals surface area contributed by atoms with E-state index in [0.717, 1.165) is 36.9 Å². The third kappa shape index (κ3) is 2.83. The van der Waals surface area contributed by atoms with Gasteiger partial charge in [-0.1, -0.05) is 18.5 Å². The minimum Gasteiger partial charge on any atom is -0.371 e. The van der Waals surface area contributed by atoms with Crippen molar-refractivity contribution >= 4 is 7.85 Å². The lowest BCUT2D eigenvalue weighted by Gasteiger charge is -2.14. The number of hydrogen-bond acceptors (Lipinski definition) is 1. The zero-order valence-electron chi connectivity index (χ0n) is 9.63. The van der Waals surface area contributed by atoms with Gasteiger partial charge in [0.05, 0.1) is 17.8 Å². The molecule has 5 heteroatoms. The van der Waals surface area contributed by atoms with Gasteiger partial charge < -0.3 is 4.74 Å². The maximum Gasteiger partial charge on any atom is 0.416 e. The Labute approximate surface area is 99.4 Å². The van der Waals surface area contributed by atoms with Crippen LogP contribution in [0, 0.1) is 0 Å². The Hall–Kier alpha value is -0.965. The van der Waals surface area contributed by atoms with Crippen molar-refractivity contribution in [1.29, 1.82) is 0 Å². The Morgan fingerprint density at radius 1 is 1.18 bits per heavy atom. The molecule has 0 N–H and O–H groups in total. The SMILES string of the molecule is BCC1CCC(c2ccc(C(F)(F)F)cc2)O1. The molecule has 0 bridgehead atoms. The van der Waals surface area contributed by atoms with Crippen LogP contribution in [-0.4, -0.2) is 14.0 Å². The van der Waals surface area contributed by atoms with Gasteiger partial charge >= 0.3 is 6.18 Å². The first-order valence-corrected chi connectivity index (χ1v) is 5.83. The van der Waals surface area contributed by atoms with Crippen molar-refractivity contribution in [3.63, 3.8) is 0 Å². The summed E-state index contributed by atoms with van der Waals surface area (Å²) < 4.78 is 42.9. The molecule has 1 aliphatic rings. The van der Waals surface area contributed by atoms with Crippen molar-refractivity contribution in [2.75, 3.05) is 0 Å². The van der Waals surface area contributed by atoms with E-state index in [1.165, 1.54) is 12.1 Å². The van der Waals surface area contributed by atoms with Gasteiger partial charge in [0.1, 0.15) is 7.85 Å². The Morgan fingerprint density at radius 3 is 2.29 bits per heavy atom. The molecule has 1 fully saturated rings. The second-order valence-corrected chi connectivity index (χ2v) is 4.35. The van der Waals surface area contributed by atoms with Crippen LogP contribution < -0.4 is 0 Å². The fraction of sp³-hybridized carbons (Fsp3) is 0.500. The van der Waals surface area contributed by atoms with Gasteiger partial charge in [0.15, 0.2) is 0 Å². The number of alkyl halides is 3. The van der Waals surface area contributed by atoms with Crippen LogP contribution in [-0.2, 0) is 10.9 Å². The minimum absolute atomic E-state index is 0.0396. The Kier molecular flexibility index (Phi) is 3.47. The molecule has 1 aromatic carbocycles. The summed E-state index contributed by atoms with van der Waals surface area (Å²) in [6.07, 6.45) is -1.21. The number of halogens is 3. The second-order valence-electron chi connectivity index (χ2n) is 4.35. The summed E-state index contributed by atoms with van der Waals surface area (Å²) in [4.78, 5) is 0. The van der Waals surface area contributed by atoms with Crippen LogP contribution in [0.4, 0.5) is 13.2 Å². The van der Waals surface area contributed by atoms with E-state index in [1.54, 1.807) is 0 Å². The summed E-state index contributed by atoms with van der Waals surface area (Å²) in [5, 5.41) is 0. The summed E-state index contributed by atoms with van der Waals surface area (Å²) in [5.41, 5.74) is 0.236. The van der Waals surface area contributed by atoms with Crippen molar-refractivity contribution in [3.8, 4) is 0 Å². The molecule has 1 saturated heterocycles. The van der Waals surface area contributed by atoms with Crippen LogP contribution in [0.3, 0.4) is 0 Å². The van der Waals surface area contributed by atoms with Gasteiger partial charge in [-0.05, 0) is 30.5 Å². The summed E-state index contributed by atoms with van der Waals surface area (Å²) in [6, 6.07) is 5.28. The highest BCUT2D eigenvalue weighted by molar-refractivity contribution is 6.08. The van der Waals surface area contributed by atoms with Crippen LogP contribution in [0.5, 0.6) is 0 Å². The number of benzene rings is 1. The maximum absolute atomic E-state index is 12.4. The topological polar surface area (TPSA) is 9.23 Å². The first kappa shape index (κ1) is 12.5. The van der Waals surface area contributed by atoms with E-state index in [9.17, 15) is 13.2 Å². The Bertz CT molecular complexity index is 374. The number of ether oxygens (including phenoxy) is 1. The molecule has 17 heavy (non-hydrogen) atoms. The molecule has 1 aromatic rings. The average Bonchev–Trinajstić information content (AvgIpc) is 2.76. The smallest absolute Gasteiger partial charge is 0.371 e. The summed E-state index contributed by atoms with van der Waals surface area (Å²) >= 11 is 0. The van der Waals surface area contributed by atoms with E-state index >= 15 is 0 Å². The first-order valence-electron chi connectivity index (χ1n) is 5.83. The summed E-state index contributed by atoms with van der Waals surface area (Å²) in [7, 11) is 2.06. The van der Waals surface area contributed by atoms with E-state index < -0.39 is 11.7 Å². The molecule has 2 atom stereocenters. The molecule has 1 aliphatic heterocycles. The van der Waals surface area contributed by atoms with Crippen LogP contribution >= 0.6 is 0 Å². The van der Waals surface area contributed by atoms with Gasteiger partial charge in [0, 0.05) is 0 Å². The van der Waals surface area contributed by atoms with Crippen molar-refractivity contribution in [2.45, 2.75) is 37.5 Å². The third-order valence-corrected chi connectivity index (χ3v) is 3.17. The lowest BCUT2D eigenvalue weighted by molar-refractivity contribution is -0.137. The van der Waals surface area contributed by atoms with Gasteiger partial charge in [-0.3, -0.25) is 0 Å². The lowest BCUT2D eigenvalue weighted by Crippen LogP contribution is -2.07. The highest BCUT2D eigenvalue weighted by atomic mass is 19.4. The number of rotatable bonds is 2. The van der Waals surface area contributed by atoms with Crippen LogP contribution in [0.2, 0.25) is 6.32 Å². The van der Waals surface area contributed by atoms with E-state index in [2.05, 4.69) is 7.85 Å². The average molecular weight is 242 g/mol. The molecule has 0 aliphatic carbocycles. The molecule has 0 spiro atoms. The highest BCUT2D eigenvalue weighted by Crippen LogP contribution is 2.35. The third-order valence-electron chi connectivity index (χ3n) is 3.17. The van der Waals surface area contributed by atoms with E-state index in [-0.39, 0.29) is 12.2 Å². The van der Waals surface area contributed by atoms with Crippen LogP contribution in [0.15, 0.2) is 24.3 Å². The summed E-state index contributed by atoms with van der Waals surface area (Å²) in [6.45, 7) is 0. The standard InChI is InChI=1S/C12H14BF3O/c13-7-10-5-6-11(17-10)8-1-3-9(4-2-8)12(14,15)16/h1-4,10-11H,5-7,13H2. The van der Waals surface area contributed by atoms with Gasteiger partial charge in [-0.2, -0.15) is 13.2 Å². The monoisotopic (exact) mass is 242 g/mol. The van der Waals surface area contributed by atoms with E-state index in [4.69, 9.17) is 4.74 Å². The predicted molar refractivity (Wildman–Crippen MR) is 61.6 cm³/mol. The van der Waals surface area contributed by atoms with Crippen molar-refractivity contribution in [2.24, 2.45) is 0 Å². The second kappa shape index (κ2) is 4.73. The quantitative estimate of drug-likeness (QED) is 0.724. The maximum atomic E-state index is 12.4. The fourth-order valence-corrected chi connectivity index (χ4v) is 2.14. The molecule has 0 saturated carbocycles. The zero-order chi connectivity index (χ0) is 12.5. The lowest BCUT2D eigenvalue weighted by atomic mass is 9.97. The van der Waals surface area contributed by atoms with Crippen molar-refractivity contribution in [1.82, 2.24) is 0 Å². The fourth-order valence-electron chi connectivity index (χ4n) is 2.14. The molecule has 0 radical (unpaired) electrons. The van der Waals surface area contributed by atoms with Gasteiger partial charge in [0.2, 0.25) is 0 Å². The number of hydrogen-bond donors (Lipinski definition) is 0. The molecule has 0 aromatic heterocycles. The molecular weight excluding hydrogens is 228 g/mol.